The van der Waals surface area contributed by atoms with Gasteiger partial charge in [0.2, 0.25) is 0 Å². The van der Waals surface area contributed by atoms with Crippen molar-refractivity contribution in [2.45, 2.75) is 88.8 Å². The minimum absolute atomic E-state index is 0.163. The minimum atomic E-state index is -0.820. The Balaban J connectivity index is 1.44. The van der Waals surface area contributed by atoms with Gasteiger partial charge in [-0.25, -0.2) is 0 Å². The lowest BCUT2D eigenvalue weighted by atomic mass is 9.78. The molecule has 1 unspecified atom stereocenters. The number of rotatable bonds is 11. The van der Waals surface area contributed by atoms with Gasteiger partial charge in [-0.1, -0.05) is 63.4 Å². The number of benzene rings is 1. The van der Waals surface area contributed by atoms with E-state index >= 15 is 0 Å². The van der Waals surface area contributed by atoms with Crippen LogP contribution >= 0.6 is 11.8 Å². The normalized spacial score (nSPS) is 31.3. The number of carboxylic acids is 1. The Morgan fingerprint density at radius 1 is 1.21 bits per heavy atom. The van der Waals surface area contributed by atoms with Gasteiger partial charge in [-0.3, -0.25) is 9.79 Å². The van der Waals surface area contributed by atoms with Gasteiger partial charge in [-0.2, -0.15) is 0 Å². The van der Waals surface area contributed by atoms with Crippen molar-refractivity contribution in [1.82, 2.24) is 0 Å². The molecule has 4 rings (SSSR count). The first kappa shape index (κ1) is 25.5. The van der Waals surface area contributed by atoms with Crippen molar-refractivity contribution in [3.8, 4) is 5.75 Å². The molecule has 0 saturated carbocycles. The highest BCUT2D eigenvalue weighted by Crippen LogP contribution is 2.46. The van der Waals surface area contributed by atoms with Crippen molar-refractivity contribution in [1.29, 1.82) is 0 Å². The van der Waals surface area contributed by atoms with E-state index in [1.807, 2.05) is 24.3 Å². The highest BCUT2D eigenvalue weighted by molar-refractivity contribution is 8.14. The smallest absolute Gasteiger partial charge is 0.306 e. The first-order valence-electron chi connectivity index (χ1n) is 12.5. The third-order valence-electron chi connectivity index (χ3n) is 7.05. The van der Waals surface area contributed by atoms with E-state index in [2.05, 4.69) is 6.92 Å². The van der Waals surface area contributed by atoms with Gasteiger partial charge in [-0.05, 0) is 30.5 Å². The second kappa shape index (κ2) is 11.9. The molecule has 188 valence electrons. The molecule has 2 saturated heterocycles. The van der Waals surface area contributed by atoms with E-state index in [9.17, 15) is 9.90 Å². The highest BCUT2D eigenvalue weighted by Gasteiger charge is 2.54. The lowest BCUT2D eigenvalue weighted by Crippen LogP contribution is -2.60. The van der Waals surface area contributed by atoms with E-state index in [0.717, 1.165) is 29.2 Å². The lowest BCUT2D eigenvalue weighted by Gasteiger charge is -2.48. The molecule has 7 nitrogen and oxygen atoms in total. The number of hydrogen-bond donors (Lipinski definition) is 1. The first-order chi connectivity index (χ1) is 16.5. The Bertz CT molecular complexity index is 846. The van der Waals surface area contributed by atoms with Crippen LogP contribution in [-0.2, 0) is 25.4 Å². The Labute approximate surface area is 206 Å². The fraction of sp³-hybridized carbons (Fsp3) is 0.692. The van der Waals surface area contributed by atoms with Gasteiger partial charge < -0.3 is 24.1 Å². The quantitative estimate of drug-likeness (QED) is 0.440. The molecule has 3 aliphatic heterocycles. The molecule has 0 spiro atoms. The zero-order valence-electron chi connectivity index (χ0n) is 20.4. The van der Waals surface area contributed by atoms with Crippen LogP contribution in [0.4, 0.5) is 0 Å². The lowest BCUT2D eigenvalue weighted by molar-refractivity contribution is -0.295. The van der Waals surface area contributed by atoms with Crippen molar-refractivity contribution >= 4 is 22.8 Å². The number of carbonyl (C=O) groups is 1. The minimum Gasteiger partial charge on any atom is -0.497 e. The summed E-state index contributed by atoms with van der Waals surface area (Å²) in [5.74, 6) is -0.862. The molecule has 1 aromatic carbocycles. The maximum atomic E-state index is 12.1. The van der Waals surface area contributed by atoms with E-state index in [1.165, 1.54) is 25.7 Å². The molecular weight excluding hydrogens is 454 g/mol. The molecule has 34 heavy (non-hydrogen) atoms. The summed E-state index contributed by atoms with van der Waals surface area (Å²) in [7, 11) is 1.64. The molecule has 0 aromatic heterocycles. The Kier molecular flexibility index (Phi) is 8.91. The van der Waals surface area contributed by atoms with E-state index in [1.54, 1.807) is 25.8 Å². The number of thioether (sulfide) groups is 1. The fourth-order valence-electron chi connectivity index (χ4n) is 5.07. The van der Waals surface area contributed by atoms with E-state index in [0.29, 0.717) is 13.0 Å². The van der Waals surface area contributed by atoms with Crippen molar-refractivity contribution in [2.24, 2.45) is 16.8 Å². The zero-order valence-corrected chi connectivity index (χ0v) is 21.2. The van der Waals surface area contributed by atoms with Gasteiger partial charge in [-0.15, -0.1) is 0 Å². The number of unbranched alkanes of at least 4 members (excludes halogenated alkanes) is 4. The Morgan fingerprint density at radius 2 is 1.97 bits per heavy atom. The molecule has 3 aliphatic rings. The number of carboxylic acid groups (broad SMARTS) is 1. The molecule has 0 bridgehead atoms. The Morgan fingerprint density at radius 3 is 2.68 bits per heavy atom. The van der Waals surface area contributed by atoms with Gasteiger partial charge in [0.25, 0.3) is 0 Å². The van der Waals surface area contributed by atoms with Crippen LogP contribution in [0.25, 0.3) is 0 Å². The predicted octanol–water partition coefficient (Wildman–Crippen LogP) is 4.92. The molecule has 3 heterocycles. The average molecular weight is 492 g/mol. The second-order valence-electron chi connectivity index (χ2n) is 9.46. The predicted molar refractivity (Wildman–Crippen MR) is 132 cm³/mol. The summed E-state index contributed by atoms with van der Waals surface area (Å²) in [5.41, 5.74) is 0.908. The summed E-state index contributed by atoms with van der Waals surface area (Å²) in [6, 6.07) is 7.61. The number of hydrogen-bond acceptors (Lipinski definition) is 7. The molecule has 1 N–H and O–H groups in total. The summed E-state index contributed by atoms with van der Waals surface area (Å²) in [4.78, 5) is 17.0. The molecule has 8 heteroatoms. The number of ether oxygens (including phenoxy) is 4. The van der Waals surface area contributed by atoms with Gasteiger partial charge >= 0.3 is 5.97 Å². The fourth-order valence-corrected chi connectivity index (χ4v) is 6.36. The van der Waals surface area contributed by atoms with Gasteiger partial charge in [0.05, 0.1) is 36.8 Å². The summed E-state index contributed by atoms with van der Waals surface area (Å²) in [5, 5.41) is 11.0. The standard InChI is InChI=1S/C26H37NO6S/c1-4-5-6-7-8-9-20-27-23-22(16(2)25(28)29)24-19(32-26(23)34-20)15-31-21(33-24)14-17-10-12-18(30-3)13-11-17/h10-13,16,19,21-24,26H,4-9,14-15H2,1-3H3,(H,28,29)/t16-,19-,21-,22-,23-,24-,26?/m1/s1. The number of aliphatic carboxylic acids is 1. The van der Waals surface area contributed by atoms with Crippen molar-refractivity contribution in [2.75, 3.05) is 13.7 Å². The van der Waals surface area contributed by atoms with Crippen LogP contribution in [0, 0.1) is 11.8 Å². The average Bonchev–Trinajstić information content (AvgIpc) is 3.24. The van der Waals surface area contributed by atoms with Crippen LogP contribution in [0.2, 0.25) is 0 Å². The summed E-state index contributed by atoms with van der Waals surface area (Å²) < 4.78 is 24.0. The number of fused-ring (bicyclic) bond motifs is 2. The molecule has 0 aliphatic carbocycles. The molecule has 2 fully saturated rings. The number of nitrogens with zero attached hydrogens (tertiary/aromatic N) is 1. The summed E-state index contributed by atoms with van der Waals surface area (Å²) in [6.07, 6.45) is 6.48. The second-order valence-corrected chi connectivity index (χ2v) is 10.6. The van der Waals surface area contributed by atoms with Crippen molar-refractivity contribution in [3.63, 3.8) is 0 Å². The topological polar surface area (TPSA) is 86.6 Å². The zero-order chi connectivity index (χ0) is 24.1. The summed E-state index contributed by atoms with van der Waals surface area (Å²) >= 11 is 1.67. The molecule has 7 atom stereocenters. The third kappa shape index (κ3) is 5.96. The van der Waals surface area contributed by atoms with Crippen LogP contribution in [-0.4, -0.2) is 59.8 Å². The first-order valence-corrected chi connectivity index (χ1v) is 13.4. The molecule has 1 aromatic rings. The Hall–Kier alpha value is -1.61. The molecule has 0 radical (unpaired) electrons. The van der Waals surface area contributed by atoms with Gasteiger partial charge in [0, 0.05) is 12.3 Å². The maximum absolute atomic E-state index is 12.1. The highest BCUT2D eigenvalue weighted by atomic mass is 32.2. The number of aliphatic imine (C=N–C) groups is 1. The number of methoxy groups -OCH3 is 1. The third-order valence-corrected chi connectivity index (χ3v) is 8.25. The molecular formula is C26H37NO6S. The molecule has 0 amide bonds. The largest absolute Gasteiger partial charge is 0.497 e. The van der Waals surface area contributed by atoms with E-state index in [4.69, 9.17) is 23.9 Å². The van der Waals surface area contributed by atoms with E-state index in [-0.39, 0.29) is 29.6 Å². The van der Waals surface area contributed by atoms with Crippen LogP contribution < -0.4 is 4.74 Å². The monoisotopic (exact) mass is 491 g/mol. The van der Waals surface area contributed by atoms with Crippen LogP contribution in [0.15, 0.2) is 29.3 Å². The summed E-state index contributed by atoms with van der Waals surface area (Å²) in [6.45, 7) is 4.38. The van der Waals surface area contributed by atoms with E-state index < -0.39 is 18.2 Å². The maximum Gasteiger partial charge on any atom is 0.306 e. The van der Waals surface area contributed by atoms with Crippen molar-refractivity contribution in [3.05, 3.63) is 29.8 Å². The van der Waals surface area contributed by atoms with Crippen molar-refractivity contribution < 1.29 is 28.8 Å². The van der Waals surface area contributed by atoms with Crippen LogP contribution in [0.1, 0.15) is 57.9 Å². The van der Waals surface area contributed by atoms with Crippen LogP contribution in [0.5, 0.6) is 5.75 Å². The van der Waals surface area contributed by atoms with Crippen LogP contribution in [0.3, 0.4) is 0 Å². The van der Waals surface area contributed by atoms with Gasteiger partial charge in [0.1, 0.15) is 17.3 Å². The SMILES string of the molecule is CCCCCCCC1=N[C@H]2C(O[C@@H]3CO[C@@H](Cc4ccc(OC)cc4)O[C@H]3[C@@H]2[C@@H](C)C(=O)O)S1. The van der Waals surface area contributed by atoms with Gasteiger partial charge in [0.15, 0.2) is 6.29 Å².